The van der Waals surface area contributed by atoms with E-state index in [0.29, 0.717) is 5.56 Å². The van der Waals surface area contributed by atoms with Crippen LogP contribution in [-0.4, -0.2) is 30.6 Å². The van der Waals surface area contributed by atoms with Gasteiger partial charge in [-0.1, -0.05) is 43.2 Å². The monoisotopic (exact) mass is 340 g/mol. The molecule has 0 aromatic heterocycles. The van der Waals surface area contributed by atoms with Crippen LogP contribution in [0.25, 0.3) is 10.8 Å². The number of nitrogens with one attached hydrogen (secondary N) is 2. The molecule has 0 spiro atoms. The van der Waals surface area contributed by atoms with Crippen molar-refractivity contribution in [1.82, 2.24) is 10.6 Å². The van der Waals surface area contributed by atoms with Crippen molar-refractivity contribution in [2.75, 3.05) is 6.61 Å². The first-order valence-corrected chi connectivity index (χ1v) is 8.38. The number of ether oxygens (including phenoxy) is 1. The molecule has 25 heavy (non-hydrogen) atoms. The third-order valence-corrected chi connectivity index (χ3v) is 4.26. The van der Waals surface area contributed by atoms with Gasteiger partial charge in [0.05, 0.1) is 5.56 Å². The van der Waals surface area contributed by atoms with Gasteiger partial charge in [-0.2, -0.15) is 0 Å². The quantitative estimate of drug-likeness (QED) is 0.838. The highest BCUT2D eigenvalue weighted by atomic mass is 16.5. The summed E-state index contributed by atoms with van der Waals surface area (Å²) in [6, 6.07) is 12.4. The first-order valence-electron chi connectivity index (χ1n) is 8.38. The van der Waals surface area contributed by atoms with Crippen molar-refractivity contribution in [3.05, 3.63) is 48.0 Å². The average molecular weight is 340 g/mol. The van der Waals surface area contributed by atoms with Crippen LogP contribution < -0.4 is 10.6 Å². The molecule has 0 radical (unpaired) electrons. The van der Waals surface area contributed by atoms with Gasteiger partial charge in [0.2, 0.25) is 0 Å². The molecule has 1 aliphatic carbocycles. The maximum Gasteiger partial charge on any atom is 0.338 e. The predicted octanol–water partition coefficient (Wildman–Crippen LogP) is 2.77. The number of carbonyl (C=O) groups excluding carboxylic acids is 3. The van der Waals surface area contributed by atoms with Gasteiger partial charge in [0.25, 0.3) is 5.91 Å². The number of imide groups is 1. The van der Waals surface area contributed by atoms with E-state index in [1.165, 1.54) is 0 Å². The van der Waals surface area contributed by atoms with Crippen LogP contribution in [0.1, 0.15) is 36.0 Å². The second-order valence-electron chi connectivity index (χ2n) is 6.14. The molecule has 2 aromatic rings. The Bertz CT molecular complexity index is 797. The first kappa shape index (κ1) is 17.0. The molecule has 0 bridgehead atoms. The van der Waals surface area contributed by atoms with Crippen molar-refractivity contribution in [3.8, 4) is 0 Å². The molecule has 0 saturated heterocycles. The maximum absolute atomic E-state index is 12.1. The van der Waals surface area contributed by atoms with Crippen LogP contribution in [-0.2, 0) is 9.53 Å². The highest BCUT2D eigenvalue weighted by molar-refractivity contribution is 5.98. The molecular formula is C19H20N2O4. The van der Waals surface area contributed by atoms with Gasteiger partial charge in [0, 0.05) is 6.04 Å². The first-order chi connectivity index (χ1) is 12.1. The average Bonchev–Trinajstić information content (AvgIpc) is 3.12. The molecule has 3 rings (SSSR count). The third-order valence-electron chi connectivity index (χ3n) is 4.26. The Morgan fingerprint density at radius 2 is 1.72 bits per heavy atom. The number of benzene rings is 2. The van der Waals surface area contributed by atoms with Gasteiger partial charge < -0.3 is 10.1 Å². The largest absolute Gasteiger partial charge is 0.452 e. The molecule has 3 amide bonds. The van der Waals surface area contributed by atoms with E-state index in [0.717, 1.165) is 36.5 Å². The fourth-order valence-electron chi connectivity index (χ4n) is 2.99. The lowest BCUT2D eigenvalue weighted by Gasteiger charge is -2.12. The molecule has 0 atom stereocenters. The van der Waals surface area contributed by atoms with E-state index in [4.69, 9.17) is 4.74 Å². The Morgan fingerprint density at radius 1 is 1.00 bits per heavy atom. The lowest BCUT2D eigenvalue weighted by molar-refractivity contribution is -0.123. The number of rotatable bonds is 4. The van der Waals surface area contributed by atoms with Crippen LogP contribution in [0.2, 0.25) is 0 Å². The number of hydrogen-bond donors (Lipinski definition) is 2. The lowest BCUT2D eigenvalue weighted by Crippen LogP contribution is -2.44. The van der Waals surface area contributed by atoms with Gasteiger partial charge in [0.15, 0.2) is 6.61 Å². The molecule has 1 aliphatic rings. The number of carbonyl (C=O) groups is 3. The van der Waals surface area contributed by atoms with Crippen molar-refractivity contribution in [2.45, 2.75) is 31.7 Å². The standard InChI is InChI=1S/C19H20N2O4/c22-17(21-19(24)20-16-7-3-4-8-16)12-25-18(23)15-10-9-13-5-1-2-6-14(13)11-15/h1-2,5-6,9-11,16H,3-4,7-8,12H2,(H2,20,21,22,24). The Morgan fingerprint density at radius 3 is 2.48 bits per heavy atom. The van der Waals surface area contributed by atoms with Gasteiger partial charge in [-0.25, -0.2) is 9.59 Å². The topological polar surface area (TPSA) is 84.5 Å². The Kier molecular flexibility index (Phi) is 5.28. The van der Waals surface area contributed by atoms with Gasteiger partial charge in [-0.3, -0.25) is 10.1 Å². The summed E-state index contributed by atoms with van der Waals surface area (Å²) in [7, 11) is 0. The fourth-order valence-corrected chi connectivity index (χ4v) is 2.99. The smallest absolute Gasteiger partial charge is 0.338 e. The summed E-state index contributed by atoms with van der Waals surface area (Å²) >= 11 is 0. The molecule has 1 fully saturated rings. The summed E-state index contributed by atoms with van der Waals surface area (Å²) in [6.45, 7) is -0.496. The van der Waals surface area contributed by atoms with Gasteiger partial charge >= 0.3 is 12.0 Å². The van der Waals surface area contributed by atoms with Crippen molar-refractivity contribution in [1.29, 1.82) is 0 Å². The SMILES string of the molecule is O=C(COC(=O)c1ccc2ccccc2c1)NC(=O)NC1CCCC1. The predicted molar refractivity (Wildman–Crippen MR) is 93.2 cm³/mol. The molecule has 0 unspecified atom stereocenters. The summed E-state index contributed by atoms with van der Waals surface area (Å²) in [5.41, 5.74) is 0.363. The highest BCUT2D eigenvalue weighted by Crippen LogP contribution is 2.17. The zero-order chi connectivity index (χ0) is 17.6. The van der Waals surface area contributed by atoms with Gasteiger partial charge in [0.1, 0.15) is 0 Å². The molecule has 0 heterocycles. The van der Waals surface area contributed by atoms with E-state index in [-0.39, 0.29) is 6.04 Å². The van der Waals surface area contributed by atoms with Gasteiger partial charge in [-0.15, -0.1) is 0 Å². The van der Waals surface area contributed by atoms with E-state index in [1.807, 2.05) is 30.3 Å². The fraction of sp³-hybridized carbons (Fsp3) is 0.316. The molecule has 130 valence electrons. The van der Waals surface area contributed by atoms with E-state index in [1.54, 1.807) is 12.1 Å². The Labute approximate surface area is 145 Å². The van der Waals surface area contributed by atoms with E-state index >= 15 is 0 Å². The summed E-state index contributed by atoms with van der Waals surface area (Å²) in [5.74, 6) is -1.25. The van der Waals surface area contributed by atoms with Crippen molar-refractivity contribution >= 4 is 28.7 Å². The molecular weight excluding hydrogens is 320 g/mol. The van der Waals surface area contributed by atoms with E-state index in [9.17, 15) is 14.4 Å². The summed E-state index contributed by atoms with van der Waals surface area (Å²) in [6.07, 6.45) is 4.03. The number of fused-ring (bicyclic) bond motifs is 1. The van der Waals surface area contributed by atoms with E-state index < -0.39 is 24.5 Å². The number of esters is 1. The molecule has 6 heteroatoms. The van der Waals surface area contributed by atoms with Crippen LogP contribution in [0.5, 0.6) is 0 Å². The normalized spacial score (nSPS) is 14.2. The number of amides is 3. The van der Waals surface area contributed by atoms with Crippen LogP contribution in [0.3, 0.4) is 0 Å². The molecule has 1 saturated carbocycles. The molecule has 0 aliphatic heterocycles. The van der Waals surface area contributed by atoms with Crippen LogP contribution >= 0.6 is 0 Å². The molecule has 6 nitrogen and oxygen atoms in total. The van der Waals surface area contributed by atoms with Crippen molar-refractivity contribution < 1.29 is 19.1 Å². The lowest BCUT2D eigenvalue weighted by atomic mass is 10.1. The summed E-state index contributed by atoms with van der Waals surface area (Å²) in [5, 5.41) is 6.84. The zero-order valence-electron chi connectivity index (χ0n) is 13.8. The third kappa shape index (κ3) is 4.56. The minimum Gasteiger partial charge on any atom is -0.452 e. The summed E-state index contributed by atoms with van der Waals surface area (Å²) in [4.78, 5) is 35.5. The second kappa shape index (κ2) is 7.79. The zero-order valence-corrected chi connectivity index (χ0v) is 13.8. The van der Waals surface area contributed by atoms with Crippen LogP contribution in [0.4, 0.5) is 4.79 Å². The number of hydrogen-bond acceptors (Lipinski definition) is 4. The minimum atomic E-state index is -0.648. The summed E-state index contributed by atoms with van der Waals surface area (Å²) < 4.78 is 4.98. The highest BCUT2D eigenvalue weighted by Gasteiger charge is 2.18. The van der Waals surface area contributed by atoms with Crippen molar-refractivity contribution in [3.63, 3.8) is 0 Å². The minimum absolute atomic E-state index is 0.118. The molecule has 2 N–H and O–H groups in total. The maximum atomic E-state index is 12.1. The van der Waals surface area contributed by atoms with Gasteiger partial charge in [-0.05, 0) is 35.7 Å². The van der Waals surface area contributed by atoms with Crippen molar-refractivity contribution in [2.24, 2.45) is 0 Å². The van der Waals surface area contributed by atoms with Crippen LogP contribution in [0.15, 0.2) is 42.5 Å². The van der Waals surface area contributed by atoms with Crippen LogP contribution in [0, 0.1) is 0 Å². The Balaban J connectivity index is 1.48. The van der Waals surface area contributed by atoms with E-state index in [2.05, 4.69) is 10.6 Å². The second-order valence-corrected chi connectivity index (χ2v) is 6.14. The number of urea groups is 1. The Hall–Kier alpha value is -2.89. The molecule has 2 aromatic carbocycles.